The molecule has 3 aromatic heterocycles. The highest BCUT2D eigenvalue weighted by molar-refractivity contribution is 8.15. The van der Waals surface area contributed by atoms with E-state index in [-0.39, 0.29) is 17.3 Å². The highest BCUT2D eigenvalue weighted by Crippen LogP contribution is 2.27. The average Bonchev–Trinajstić information content (AvgIpc) is 3.71. The van der Waals surface area contributed by atoms with Crippen molar-refractivity contribution in [2.45, 2.75) is 13.5 Å². The number of anilines is 1. The van der Waals surface area contributed by atoms with Crippen molar-refractivity contribution in [3.05, 3.63) is 93.3 Å². The smallest absolute Gasteiger partial charge is 0.303 e. The van der Waals surface area contributed by atoms with Gasteiger partial charge in [0.1, 0.15) is 5.69 Å². The van der Waals surface area contributed by atoms with Crippen LogP contribution in [0.3, 0.4) is 0 Å². The number of nitrogens with zero attached hydrogens (tertiary/aromatic N) is 9. The number of rotatable bonds is 6. The Hall–Kier alpha value is -5.04. The molecule has 0 unspecified atom stereocenters. The normalized spacial score (nSPS) is 14.8. The molecule has 1 aliphatic heterocycles. The second kappa shape index (κ2) is 10.5. The van der Waals surface area contributed by atoms with E-state index >= 15 is 0 Å². The molecule has 1 fully saturated rings. The number of aryl methyl sites for hydroxylation is 2. The molecule has 1 aliphatic rings. The molecule has 12 nitrogen and oxygen atoms in total. The van der Waals surface area contributed by atoms with Crippen molar-refractivity contribution < 1.29 is 4.79 Å². The molecule has 2 aromatic carbocycles. The first-order valence-electron chi connectivity index (χ1n) is 12.8. The Morgan fingerprint density at radius 2 is 1.68 bits per heavy atom. The van der Waals surface area contributed by atoms with E-state index in [1.165, 1.54) is 23.4 Å². The fraction of sp³-hybridized carbons (Fsp3) is 0.179. The third-order valence-electron chi connectivity index (χ3n) is 6.76. The lowest BCUT2D eigenvalue weighted by Crippen LogP contribution is -2.37. The molecule has 0 radical (unpaired) electrons. The number of amidine groups is 1. The van der Waals surface area contributed by atoms with Gasteiger partial charge in [0.25, 0.3) is 5.56 Å². The number of para-hydroxylation sites is 1. The van der Waals surface area contributed by atoms with E-state index in [1.807, 2.05) is 67.6 Å². The van der Waals surface area contributed by atoms with Crippen molar-refractivity contribution >= 4 is 45.9 Å². The van der Waals surface area contributed by atoms with Gasteiger partial charge in [0.2, 0.25) is 11.9 Å². The van der Waals surface area contributed by atoms with E-state index in [0.717, 1.165) is 15.8 Å². The Bertz CT molecular complexity index is 1970. The van der Waals surface area contributed by atoms with Gasteiger partial charge in [-0.25, -0.2) is 9.48 Å². The molecule has 0 spiro atoms. The van der Waals surface area contributed by atoms with Crippen LogP contribution in [0.4, 0.5) is 5.69 Å². The number of fused-ring (bicyclic) bond motifs is 1. The van der Waals surface area contributed by atoms with Gasteiger partial charge in [0.15, 0.2) is 16.3 Å². The molecule has 5 aromatic rings. The van der Waals surface area contributed by atoms with Crippen LogP contribution >= 0.6 is 11.8 Å². The summed E-state index contributed by atoms with van der Waals surface area (Å²) in [5, 5.41) is 14.0. The predicted molar refractivity (Wildman–Crippen MR) is 160 cm³/mol. The van der Waals surface area contributed by atoms with Gasteiger partial charge in [-0.3, -0.25) is 23.6 Å². The second-order valence-corrected chi connectivity index (χ2v) is 10.2. The number of carbonyl (C=O) groups excluding carboxylic acids is 1. The maximum Gasteiger partial charge on any atom is 0.332 e. The van der Waals surface area contributed by atoms with Crippen molar-refractivity contribution in [2.75, 3.05) is 10.7 Å². The Morgan fingerprint density at radius 1 is 0.976 bits per heavy atom. The first-order valence-corrected chi connectivity index (χ1v) is 13.8. The van der Waals surface area contributed by atoms with Gasteiger partial charge in [-0.15, -0.1) is 5.10 Å². The highest BCUT2D eigenvalue weighted by Gasteiger charge is 2.29. The quantitative estimate of drug-likeness (QED) is 0.230. The molecule has 6 rings (SSSR count). The highest BCUT2D eigenvalue weighted by atomic mass is 32.2. The van der Waals surface area contributed by atoms with E-state index in [4.69, 9.17) is 5.10 Å². The van der Waals surface area contributed by atoms with Gasteiger partial charge in [-0.2, -0.15) is 15.2 Å². The zero-order valence-electron chi connectivity index (χ0n) is 22.5. The molecule has 13 heteroatoms. The Balaban J connectivity index is 1.46. The summed E-state index contributed by atoms with van der Waals surface area (Å²) in [6.45, 7) is 2.33. The van der Waals surface area contributed by atoms with Crippen LogP contribution in [0.2, 0.25) is 0 Å². The van der Waals surface area contributed by atoms with Crippen LogP contribution in [-0.2, 0) is 25.4 Å². The monoisotopic (exact) mass is 567 g/mol. The lowest BCUT2D eigenvalue weighted by molar-refractivity contribution is -0.115. The second-order valence-electron chi connectivity index (χ2n) is 9.26. The number of imidazole rings is 1. The zero-order valence-corrected chi connectivity index (χ0v) is 23.3. The third-order valence-corrected chi connectivity index (χ3v) is 7.67. The SMILES string of the molecule is CCn1c(-n2cc(/C=N/N=C3\SCC(=O)N3c3ccccc3)c(-c3ccccc3)n2)nc2c1c(=O)n(C)c(=O)n2C. The van der Waals surface area contributed by atoms with Crippen molar-refractivity contribution in [1.82, 2.24) is 28.5 Å². The number of benzene rings is 2. The molecular weight excluding hydrogens is 542 g/mol. The summed E-state index contributed by atoms with van der Waals surface area (Å²) in [5.41, 5.74) is 2.56. The van der Waals surface area contributed by atoms with Crippen LogP contribution in [0.1, 0.15) is 12.5 Å². The van der Waals surface area contributed by atoms with Crippen LogP contribution in [0.25, 0.3) is 28.4 Å². The van der Waals surface area contributed by atoms with Crippen LogP contribution in [-0.4, -0.2) is 51.5 Å². The summed E-state index contributed by atoms with van der Waals surface area (Å²) in [4.78, 5) is 44.3. The number of carbonyl (C=O) groups is 1. The van der Waals surface area contributed by atoms with E-state index < -0.39 is 11.2 Å². The summed E-state index contributed by atoms with van der Waals surface area (Å²) in [7, 11) is 3.03. The summed E-state index contributed by atoms with van der Waals surface area (Å²) in [5.74, 6) is 0.606. The van der Waals surface area contributed by atoms with Crippen molar-refractivity contribution in [3.63, 3.8) is 0 Å². The van der Waals surface area contributed by atoms with Crippen LogP contribution in [0.5, 0.6) is 0 Å². The molecule has 206 valence electrons. The molecule has 4 heterocycles. The summed E-state index contributed by atoms with van der Waals surface area (Å²) in [6, 6.07) is 18.9. The summed E-state index contributed by atoms with van der Waals surface area (Å²) < 4.78 is 5.73. The average molecular weight is 568 g/mol. The number of thioether (sulfide) groups is 1. The molecule has 41 heavy (non-hydrogen) atoms. The Labute approximate surface area is 237 Å². The molecule has 0 atom stereocenters. The Morgan fingerprint density at radius 3 is 2.39 bits per heavy atom. The number of hydrogen-bond acceptors (Lipinski definition) is 8. The minimum atomic E-state index is -0.458. The Kier molecular flexibility index (Phi) is 6.71. The molecule has 0 N–H and O–H groups in total. The van der Waals surface area contributed by atoms with Gasteiger partial charge < -0.3 is 4.57 Å². The topological polar surface area (TPSA) is 125 Å². The van der Waals surface area contributed by atoms with Crippen molar-refractivity contribution in [2.24, 2.45) is 24.3 Å². The largest absolute Gasteiger partial charge is 0.332 e. The molecule has 0 saturated carbocycles. The summed E-state index contributed by atoms with van der Waals surface area (Å²) >= 11 is 1.32. The lowest BCUT2D eigenvalue weighted by Gasteiger charge is -2.14. The van der Waals surface area contributed by atoms with Crippen LogP contribution in [0.15, 0.2) is 86.7 Å². The first-order chi connectivity index (χ1) is 19.9. The molecule has 0 aliphatic carbocycles. The van der Waals surface area contributed by atoms with Crippen LogP contribution in [0, 0.1) is 0 Å². The summed E-state index contributed by atoms with van der Waals surface area (Å²) in [6.07, 6.45) is 3.34. The maximum absolute atomic E-state index is 13.0. The van der Waals surface area contributed by atoms with Crippen molar-refractivity contribution in [3.8, 4) is 17.2 Å². The molecule has 0 bridgehead atoms. The van der Waals surface area contributed by atoms with Gasteiger partial charge in [-0.05, 0) is 19.1 Å². The van der Waals surface area contributed by atoms with E-state index in [9.17, 15) is 14.4 Å². The number of aromatic nitrogens is 6. The van der Waals surface area contributed by atoms with Gasteiger partial charge in [0, 0.05) is 38.0 Å². The lowest BCUT2D eigenvalue weighted by atomic mass is 10.1. The van der Waals surface area contributed by atoms with E-state index in [1.54, 1.807) is 33.6 Å². The van der Waals surface area contributed by atoms with Gasteiger partial charge in [-0.1, -0.05) is 60.3 Å². The van der Waals surface area contributed by atoms with Crippen LogP contribution < -0.4 is 16.1 Å². The predicted octanol–water partition coefficient (Wildman–Crippen LogP) is 2.78. The minimum Gasteiger partial charge on any atom is -0.303 e. The minimum absolute atomic E-state index is 0.0630. The van der Waals surface area contributed by atoms with E-state index in [2.05, 4.69) is 15.2 Å². The first kappa shape index (κ1) is 26.2. The number of hydrogen-bond donors (Lipinski definition) is 0. The fourth-order valence-corrected chi connectivity index (χ4v) is 5.54. The van der Waals surface area contributed by atoms with Gasteiger partial charge in [0.05, 0.1) is 17.7 Å². The zero-order chi connectivity index (χ0) is 28.7. The van der Waals surface area contributed by atoms with E-state index in [0.29, 0.717) is 34.4 Å². The fourth-order valence-electron chi connectivity index (χ4n) is 4.72. The van der Waals surface area contributed by atoms with Crippen molar-refractivity contribution in [1.29, 1.82) is 0 Å². The molecule has 1 amide bonds. The molecular formula is C28H25N9O3S. The third kappa shape index (κ3) is 4.49. The maximum atomic E-state index is 13.0. The number of amides is 1. The standard InChI is InChI=1S/C28H25N9O3S/c1-4-35-23-24(33(2)28(40)34(3)25(23)39)30-26(35)36-16-19(22(32-36)18-11-7-5-8-12-18)15-29-31-27-37(21(38)17-41-27)20-13-9-6-10-14-20/h5-16H,4,17H2,1-3H3/b29-15+,31-27-. The van der Waals surface area contributed by atoms with Gasteiger partial charge >= 0.3 is 5.69 Å². The molecule has 1 saturated heterocycles.